The van der Waals surface area contributed by atoms with Gasteiger partial charge in [0.2, 0.25) is 10.0 Å². The molecule has 0 bridgehead atoms. The molecule has 0 saturated heterocycles. The van der Waals surface area contributed by atoms with Crippen molar-refractivity contribution in [1.82, 2.24) is 9.78 Å². The third-order valence-corrected chi connectivity index (χ3v) is 5.68. The molecule has 1 heterocycles. The van der Waals surface area contributed by atoms with Crippen LogP contribution in [-0.2, 0) is 10.0 Å². The number of hydrogen-bond donors (Lipinski definition) is 2. The van der Waals surface area contributed by atoms with Gasteiger partial charge < -0.3 is 10.1 Å². The standard InChI is InChI=1S/C22H18N4O5S/c1-31-18-12-11-14(13-19(18)32(23,29)30)24-21(27)20-16-9-5-6-10-17(16)22(28)26(25-20)15-7-3-2-4-8-15/h2-13H,1H3,(H,24,27)(H2,23,29,30). The van der Waals surface area contributed by atoms with Crippen molar-refractivity contribution in [1.29, 1.82) is 0 Å². The number of amides is 1. The molecule has 0 spiro atoms. The van der Waals surface area contributed by atoms with E-state index in [9.17, 15) is 18.0 Å². The van der Waals surface area contributed by atoms with Gasteiger partial charge in [-0.25, -0.2) is 13.6 Å². The fourth-order valence-electron chi connectivity index (χ4n) is 3.27. The van der Waals surface area contributed by atoms with Crippen LogP contribution in [0.4, 0.5) is 5.69 Å². The molecular formula is C22H18N4O5S. The summed E-state index contributed by atoms with van der Waals surface area (Å²) in [4.78, 5) is 25.8. The first-order valence-electron chi connectivity index (χ1n) is 9.39. The molecule has 4 aromatic rings. The SMILES string of the molecule is COc1ccc(NC(=O)c2nn(-c3ccccc3)c(=O)c3ccccc23)cc1S(N)(=O)=O. The number of sulfonamides is 1. The highest BCUT2D eigenvalue weighted by Gasteiger charge is 2.20. The van der Waals surface area contributed by atoms with Gasteiger partial charge in [-0.05, 0) is 36.4 Å². The van der Waals surface area contributed by atoms with Gasteiger partial charge in [0.25, 0.3) is 11.5 Å². The second-order valence-electron chi connectivity index (χ2n) is 6.81. The van der Waals surface area contributed by atoms with E-state index in [2.05, 4.69) is 10.4 Å². The number of aromatic nitrogens is 2. The Bertz CT molecular complexity index is 1500. The number of nitrogens with two attached hydrogens (primary N) is 1. The molecule has 9 nitrogen and oxygen atoms in total. The summed E-state index contributed by atoms with van der Waals surface area (Å²) in [5.74, 6) is -0.580. The van der Waals surface area contributed by atoms with E-state index in [1.54, 1.807) is 54.6 Å². The predicted octanol–water partition coefficient (Wildman–Crippen LogP) is 2.29. The molecule has 0 fully saturated rings. The van der Waals surface area contributed by atoms with Crippen molar-refractivity contribution in [3.8, 4) is 11.4 Å². The molecule has 0 radical (unpaired) electrons. The van der Waals surface area contributed by atoms with Crippen molar-refractivity contribution < 1.29 is 17.9 Å². The smallest absolute Gasteiger partial charge is 0.279 e. The van der Waals surface area contributed by atoms with Crippen LogP contribution in [0.15, 0.2) is 82.5 Å². The van der Waals surface area contributed by atoms with E-state index >= 15 is 0 Å². The van der Waals surface area contributed by atoms with Crippen LogP contribution in [0, 0.1) is 0 Å². The summed E-state index contributed by atoms with van der Waals surface area (Å²) in [5, 5.41) is 12.8. The summed E-state index contributed by atoms with van der Waals surface area (Å²) in [7, 11) is -2.78. The fraction of sp³-hybridized carbons (Fsp3) is 0.0455. The first-order chi connectivity index (χ1) is 15.3. The number of para-hydroxylation sites is 1. The van der Waals surface area contributed by atoms with Crippen LogP contribution in [0.25, 0.3) is 16.5 Å². The normalized spacial score (nSPS) is 11.3. The van der Waals surface area contributed by atoms with Gasteiger partial charge >= 0.3 is 0 Å². The van der Waals surface area contributed by atoms with Crippen LogP contribution in [0.3, 0.4) is 0 Å². The molecule has 32 heavy (non-hydrogen) atoms. The molecule has 0 atom stereocenters. The highest BCUT2D eigenvalue weighted by Crippen LogP contribution is 2.26. The number of hydrogen-bond acceptors (Lipinski definition) is 6. The molecule has 4 rings (SSSR count). The van der Waals surface area contributed by atoms with E-state index in [1.165, 1.54) is 25.3 Å². The van der Waals surface area contributed by atoms with Crippen molar-refractivity contribution in [2.75, 3.05) is 12.4 Å². The number of nitrogens with one attached hydrogen (secondary N) is 1. The third kappa shape index (κ3) is 3.96. The van der Waals surface area contributed by atoms with Crippen LogP contribution >= 0.6 is 0 Å². The molecule has 1 aromatic heterocycles. The number of ether oxygens (including phenoxy) is 1. The Labute approximate surface area is 183 Å². The van der Waals surface area contributed by atoms with E-state index in [0.29, 0.717) is 16.5 Å². The van der Waals surface area contributed by atoms with Crippen LogP contribution in [0.5, 0.6) is 5.75 Å². The zero-order chi connectivity index (χ0) is 22.9. The van der Waals surface area contributed by atoms with Crippen molar-refractivity contribution in [3.63, 3.8) is 0 Å². The summed E-state index contributed by atoms with van der Waals surface area (Å²) in [6.07, 6.45) is 0. The largest absolute Gasteiger partial charge is 0.495 e. The topological polar surface area (TPSA) is 133 Å². The number of anilines is 1. The lowest BCUT2D eigenvalue weighted by Crippen LogP contribution is -2.26. The number of methoxy groups -OCH3 is 1. The Kier molecular flexibility index (Phi) is 5.47. The van der Waals surface area contributed by atoms with Crippen molar-refractivity contribution >= 4 is 32.4 Å². The van der Waals surface area contributed by atoms with Gasteiger partial charge in [0.1, 0.15) is 10.6 Å². The first kappa shape index (κ1) is 21.2. The van der Waals surface area contributed by atoms with Crippen molar-refractivity contribution in [2.45, 2.75) is 4.90 Å². The molecule has 0 saturated carbocycles. The highest BCUT2D eigenvalue weighted by atomic mass is 32.2. The van der Waals surface area contributed by atoms with Gasteiger partial charge in [0, 0.05) is 11.1 Å². The summed E-state index contributed by atoms with van der Waals surface area (Å²) < 4.78 is 29.9. The van der Waals surface area contributed by atoms with Gasteiger partial charge in [-0.1, -0.05) is 36.4 Å². The van der Waals surface area contributed by atoms with E-state index in [0.717, 1.165) is 4.68 Å². The Hall–Kier alpha value is -4.02. The lowest BCUT2D eigenvalue weighted by atomic mass is 10.1. The minimum Gasteiger partial charge on any atom is -0.495 e. The number of fused-ring (bicyclic) bond motifs is 1. The maximum Gasteiger partial charge on any atom is 0.279 e. The van der Waals surface area contributed by atoms with Crippen LogP contribution in [-0.4, -0.2) is 31.2 Å². The maximum atomic E-state index is 13.1. The molecule has 0 aliphatic heterocycles. The molecule has 3 N–H and O–H groups in total. The molecule has 1 amide bonds. The van der Waals surface area contributed by atoms with Crippen LogP contribution < -0.4 is 20.8 Å². The van der Waals surface area contributed by atoms with Gasteiger partial charge in [0.15, 0.2) is 5.69 Å². The minimum atomic E-state index is -4.09. The summed E-state index contributed by atoms with van der Waals surface area (Å²) >= 11 is 0. The Balaban J connectivity index is 1.83. The second-order valence-corrected chi connectivity index (χ2v) is 8.34. The number of primary sulfonamides is 1. The molecule has 162 valence electrons. The van der Waals surface area contributed by atoms with Gasteiger partial charge in [0.05, 0.1) is 18.2 Å². The summed E-state index contributed by atoms with van der Waals surface area (Å²) in [6, 6.07) is 19.4. The molecular weight excluding hydrogens is 432 g/mol. The number of rotatable bonds is 5. The van der Waals surface area contributed by atoms with Crippen LogP contribution in [0.2, 0.25) is 0 Å². The number of carbonyl (C=O) groups excluding carboxylic acids is 1. The lowest BCUT2D eigenvalue weighted by molar-refractivity contribution is 0.102. The van der Waals surface area contributed by atoms with Crippen molar-refractivity contribution in [2.24, 2.45) is 5.14 Å². The fourth-order valence-corrected chi connectivity index (χ4v) is 3.99. The van der Waals surface area contributed by atoms with Gasteiger partial charge in [-0.3, -0.25) is 9.59 Å². The number of carbonyl (C=O) groups is 1. The molecule has 0 aliphatic rings. The van der Waals surface area contributed by atoms with E-state index in [-0.39, 0.29) is 27.6 Å². The Morgan fingerprint density at radius 3 is 2.31 bits per heavy atom. The van der Waals surface area contributed by atoms with Crippen molar-refractivity contribution in [3.05, 3.63) is 88.8 Å². The van der Waals surface area contributed by atoms with E-state index < -0.39 is 15.9 Å². The van der Waals surface area contributed by atoms with Crippen LogP contribution in [0.1, 0.15) is 10.5 Å². The van der Waals surface area contributed by atoms with Gasteiger partial charge in [-0.2, -0.15) is 9.78 Å². The quantitative estimate of drug-likeness (QED) is 0.479. The molecule has 0 unspecified atom stereocenters. The zero-order valence-electron chi connectivity index (χ0n) is 16.8. The predicted molar refractivity (Wildman–Crippen MR) is 120 cm³/mol. The molecule has 3 aromatic carbocycles. The average Bonchev–Trinajstić information content (AvgIpc) is 2.79. The molecule has 10 heteroatoms. The van der Waals surface area contributed by atoms with Gasteiger partial charge in [-0.15, -0.1) is 0 Å². The summed E-state index contributed by atoms with van der Waals surface area (Å²) in [6.45, 7) is 0. The zero-order valence-corrected chi connectivity index (χ0v) is 17.7. The Morgan fingerprint density at radius 2 is 1.66 bits per heavy atom. The first-order valence-corrected chi connectivity index (χ1v) is 10.9. The minimum absolute atomic E-state index is 0.00275. The maximum absolute atomic E-state index is 13.1. The lowest BCUT2D eigenvalue weighted by Gasteiger charge is -2.13. The van der Waals surface area contributed by atoms with E-state index in [4.69, 9.17) is 9.88 Å². The van der Waals surface area contributed by atoms with E-state index in [1.807, 2.05) is 0 Å². The summed E-state index contributed by atoms with van der Waals surface area (Å²) in [5.41, 5.74) is 0.294. The third-order valence-electron chi connectivity index (χ3n) is 4.75. The second kappa shape index (κ2) is 8.25. The number of benzene rings is 3. The molecule has 0 aliphatic carbocycles. The number of nitrogens with zero attached hydrogens (tertiary/aromatic N) is 2. The Morgan fingerprint density at radius 1 is 1.00 bits per heavy atom. The average molecular weight is 450 g/mol. The monoisotopic (exact) mass is 450 g/mol. The highest BCUT2D eigenvalue weighted by molar-refractivity contribution is 7.89.